The van der Waals surface area contributed by atoms with Gasteiger partial charge in [0.1, 0.15) is 5.82 Å². The Hall–Kier alpha value is -2.74. The molecule has 8 heteroatoms. The second-order valence-corrected chi connectivity index (χ2v) is 5.76. The first-order chi connectivity index (χ1) is 11.7. The number of rotatable bonds is 5. The molecule has 0 saturated carbocycles. The molecule has 0 aliphatic heterocycles. The number of thioether (sulfide) groups is 1. The minimum atomic E-state index is -0.325. The highest BCUT2D eigenvalue weighted by Gasteiger charge is 2.17. The maximum Gasteiger partial charge on any atom is 0.230 e. The van der Waals surface area contributed by atoms with Crippen LogP contribution in [-0.4, -0.2) is 38.5 Å². The minimum absolute atomic E-state index is 0.114. The molecule has 3 aromatic rings. The lowest BCUT2D eigenvalue weighted by Crippen LogP contribution is -2.20. The van der Waals surface area contributed by atoms with Crippen molar-refractivity contribution in [3.8, 4) is 17.1 Å². The van der Waals surface area contributed by atoms with Crippen LogP contribution in [0.5, 0.6) is 0 Å². The summed E-state index contributed by atoms with van der Waals surface area (Å²) in [7, 11) is 1.58. The zero-order chi connectivity index (χ0) is 16.9. The van der Waals surface area contributed by atoms with Gasteiger partial charge in [-0.25, -0.2) is 4.39 Å². The number of halogens is 1. The van der Waals surface area contributed by atoms with Gasteiger partial charge in [-0.05, 0) is 36.4 Å². The number of nitrogens with one attached hydrogen (secondary N) is 1. The first-order valence-corrected chi connectivity index (χ1v) is 8.12. The van der Waals surface area contributed by atoms with Crippen LogP contribution < -0.4 is 5.32 Å². The van der Waals surface area contributed by atoms with E-state index in [9.17, 15) is 9.18 Å². The van der Waals surface area contributed by atoms with Crippen LogP contribution in [0.1, 0.15) is 0 Å². The van der Waals surface area contributed by atoms with Gasteiger partial charge in [-0.2, -0.15) is 0 Å². The van der Waals surface area contributed by atoms with Gasteiger partial charge in [0.15, 0.2) is 11.0 Å². The van der Waals surface area contributed by atoms with Crippen LogP contribution in [0.4, 0.5) is 4.39 Å². The third-order valence-corrected chi connectivity index (χ3v) is 4.18. The molecule has 0 atom stereocenters. The quantitative estimate of drug-likeness (QED) is 0.720. The smallest absolute Gasteiger partial charge is 0.230 e. The van der Waals surface area contributed by atoms with E-state index < -0.39 is 0 Å². The third-order valence-electron chi connectivity index (χ3n) is 3.25. The van der Waals surface area contributed by atoms with Crippen molar-refractivity contribution in [2.75, 3.05) is 12.8 Å². The van der Waals surface area contributed by atoms with Crippen LogP contribution in [0, 0.1) is 5.82 Å². The molecular formula is C16H14FN5OS. The lowest BCUT2D eigenvalue weighted by Gasteiger charge is -2.10. The fourth-order valence-corrected chi connectivity index (χ4v) is 2.89. The van der Waals surface area contributed by atoms with Crippen LogP contribution in [0.15, 0.2) is 53.9 Å². The van der Waals surface area contributed by atoms with Crippen molar-refractivity contribution in [2.24, 2.45) is 0 Å². The van der Waals surface area contributed by atoms with E-state index in [1.54, 1.807) is 42.2 Å². The first-order valence-electron chi connectivity index (χ1n) is 7.14. The van der Waals surface area contributed by atoms with Crippen molar-refractivity contribution in [1.29, 1.82) is 0 Å². The van der Waals surface area contributed by atoms with E-state index >= 15 is 0 Å². The van der Waals surface area contributed by atoms with Gasteiger partial charge in [0.2, 0.25) is 5.91 Å². The molecule has 24 heavy (non-hydrogen) atoms. The van der Waals surface area contributed by atoms with Crippen LogP contribution in [0.25, 0.3) is 17.1 Å². The van der Waals surface area contributed by atoms with Crippen LogP contribution in [0.2, 0.25) is 0 Å². The number of benzene rings is 1. The molecule has 1 amide bonds. The fourth-order valence-electron chi connectivity index (χ4n) is 2.07. The molecule has 0 fully saturated rings. The van der Waals surface area contributed by atoms with Gasteiger partial charge in [0.25, 0.3) is 0 Å². The third kappa shape index (κ3) is 3.43. The highest BCUT2D eigenvalue weighted by atomic mass is 32.2. The maximum atomic E-state index is 13.2. The Morgan fingerprint density at radius 1 is 1.25 bits per heavy atom. The van der Waals surface area contributed by atoms with Crippen molar-refractivity contribution in [1.82, 2.24) is 25.1 Å². The largest absolute Gasteiger partial charge is 0.358 e. The van der Waals surface area contributed by atoms with Gasteiger partial charge in [-0.1, -0.05) is 11.8 Å². The van der Waals surface area contributed by atoms with E-state index in [4.69, 9.17) is 0 Å². The Morgan fingerprint density at radius 3 is 2.71 bits per heavy atom. The van der Waals surface area contributed by atoms with E-state index in [0.717, 1.165) is 5.56 Å². The Balaban J connectivity index is 2.05. The summed E-state index contributed by atoms with van der Waals surface area (Å²) in [5, 5.41) is 11.5. The van der Waals surface area contributed by atoms with E-state index in [-0.39, 0.29) is 17.5 Å². The predicted molar refractivity (Wildman–Crippen MR) is 89.3 cm³/mol. The lowest BCUT2D eigenvalue weighted by atomic mass is 10.2. The molecule has 0 aliphatic carbocycles. The number of carbonyl (C=O) groups is 1. The molecule has 0 aliphatic rings. The number of hydrogen-bond donors (Lipinski definition) is 1. The molecule has 122 valence electrons. The minimum Gasteiger partial charge on any atom is -0.358 e. The van der Waals surface area contributed by atoms with Crippen molar-refractivity contribution >= 4 is 17.7 Å². The summed E-state index contributed by atoms with van der Waals surface area (Å²) >= 11 is 1.26. The molecule has 6 nitrogen and oxygen atoms in total. The summed E-state index contributed by atoms with van der Waals surface area (Å²) in [6, 6.07) is 9.69. The summed E-state index contributed by atoms with van der Waals surface area (Å²) in [4.78, 5) is 15.6. The van der Waals surface area contributed by atoms with Crippen LogP contribution >= 0.6 is 11.8 Å². The highest BCUT2D eigenvalue weighted by molar-refractivity contribution is 7.99. The SMILES string of the molecule is CNC(=O)CSc1nnc(-c2cccnc2)n1-c1ccc(F)cc1. The Kier molecular flexibility index (Phi) is 4.85. The molecule has 2 aromatic heterocycles. The standard InChI is InChI=1S/C16H14FN5OS/c1-18-14(23)10-24-16-21-20-15(11-3-2-8-19-9-11)22(16)13-6-4-12(17)5-7-13/h2-9H,10H2,1H3,(H,18,23). The van der Waals surface area contributed by atoms with Crippen molar-refractivity contribution in [3.05, 3.63) is 54.6 Å². The summed E-state index contributed by atoms with van der Waals surface area (Å²) in [6.45, 7) is 0. The van der Waals surface area contributed by atoms with Gasteiger partial charge in [-0.15, -0.1) is 10.2 Å². The van der Waals surface area contributed by atoms with Gasteiger partial charge < -0.3 is 5.32 Å². The molecule has 0 spiro atoms. The summed E-state index contributed by atoms with van der Waals surface area (Å²) in [6.07, 6.45) is 3.35. The summed E-state index contributed by atoms with van der Waals surface area (Å²) in [5.41, 5.74) is 1.49. The molecule has 1 aromatic carbocycles. The van der Waals surface area contributed by atoms with Gasteiger partial charge in [0.05, 0.1) is 5.75 Å². The number of hydrogen-bond acceptors (Lipinski definition) is 5. The lowest BCUT2D eigenvalue weighted by molar-refractivity contribution is -0.118. The summed E-state index contributed by atoms with van der Waals surface area (Å²) < 4.78 is 15.0. The zero-order valence-corrected chi connectivity index (χ0v) is 13.6. The van der Waals surface area contributed by atoms with Crippen molar-refractivity contribution in [3.63, 3.8) is 0 Å². The number of nitrogens with zero attached hydrogens (tertiary/aromatic N) is 4. The normalized spacial score (nSPS) is 10.6. The monoisotopic (exact) mass is 343 g/mol. The van der Waals surface area contributed by atoms with Crippen LogP contribution in [0.3, 0.4) is 0 Å². The topological polar surface area (TPSA) is 72.7 Å². The summed E-state index contributed by atoms with van der Waals surface area (Å²) in [5.74, 6) is 0.350. The second kappa shape index (κ2) is 7.22. The molecule has 0 saturated heterocycles. The molecule has 0 radical (unpaired) electrons. The molecule has 0 unspecified atom stereocenters. The molecule has 3 rings (SSSR count). The van der Waals surface area contributed by atoms with Crippen LogP contribution in [-0.2, 0) is 4.79 Å². The highest BCUT2D eigenvalue weighted by Crippen LogP contribution is 2.27. The average Bonchev–Trinajstić information content (AvgIpc) is 3.05. The van der Waals surface area contributed by atoms with Crippen molar-refractivity contribution in [2.45, 2.75) is 5.16 Å². The van der Waals surface area contributed by atoms with E-state index in [0.29, 0.717) is 16.7 Å². The molecular weight excluding hydrogens is 329 g/mol. The number of aromatic nitrogens is 4. The van der Waals surface area contributed by atoms with Gasteiger partial charge in [-0.3, -0.25) is 14.3 Å². The van der Waals surface area contributed by atoms with E-state index in [1.165, 1.54) is 23.9 Å². The zero-order valence-electron chi connectivity index (χ0n) is 12.8. The number of amides is 1. The molecule has 2 heterocycles. The Morgan fingerprint density at radius 2 is 2.04 bits per heavy atom. The van der Waals surface area contributed by atoms with Crippen molar-refractivity contribution < 1.29 is 9.18 Å². The Labute approximate surface area is 142 Å². The van der Waals surface area contributed by atoms with Gasteiger partial charge in [0, 0.05) is 30.7 Å². The van der Waals surface area contributed by atoms with E-state index in [2.05, 4.69) is 20.5 Å². The van der Waals surface area contributed by atoms with E-state index in [1.807, 2.05) is 6.07 Å². The number of carbonyl (C=O) groups excluding carboxylic acids is 1. The second-order valence-electron chi connectivity index (χ2n) is 4.82. The fraction of sp³-hybridized carbons (Fsp3) is 0.125. The molecule has 1 N–H and O–H groups in total. The molecule has 0 bridgehead atoms. The average molecular weight is 343 g/mol. The predicted octanol–water partition coefficient (Wildman–Crippen LogP) is 2.31. The number of pyridine rings is 1. The van der Waals surface area contributed by atoms with Gasteiger partial charge >= 0.3 is 0 Å². The Bertz CT molecular complexity index is 835. The first kappa shape index (κ1) is 16.1. The maximum absolute atomic E-state index is 13.2.